The SMILES string of the molecule is CC(C)(O)c1cccc(CC(=O)Nc2nc(-c3cc(Cl)c4[nH]ncc4c3)c(-c3ccccc3)nc2N)n1. The Hall–Kier alpha value is -4.34. The van der Waals surface area contributed by atoms with Crippen molar-refractivity contribution in [2.24, 2.45) is 0 Å². The van der Waals surface area contributed by atoms with Gasteiger partial charge in [-0.2, -0.15) is 5.10 Å². The molecule has 1 amide bonds. The van der Waals surface area contributed by atoms with Gasteiger partial charge in [0.05, 0.1) is 45.9 Å². The summed E-state index contributed by atoms with van der Waals surface area (Å²) in [6, 6.07) is 18.4. The summed E-state index contributed by atoms with van der Waals surface area (Å²) < 4.78 is 0. The molecule has 3 aromatic heterocycles. The maximum Gasteiger partial charge on any atom is 0.231 e. The number of rotatable bonds is 6. The first-order chi connectivity index (χ1) is 17.7. The third-order valence-electron chi connectivity index (χ3n) is 5.78. The molecule has 3 heterocycles. The minimum Gasteiger partial charge on any atom is -0.384 e. The van der Waals surface area contributed by atoms with Crippen LogP contribution in [0.3, 0.4) is 0 Å². The molecule has 5 rings (SSSR count). The van der Waals surface area contributed by atoms with Crippen LogP contribution in [0.15, 0.2) is 66.9 Å². The van der Waals surface area contributed by atoms with E-state index in [9.17, 15) is 9.90 Å². The summed E-state index contributed by atoms with van der Waals surface area (Å²) >= 11 is 6.50. The van der Waals surface area contributed by atoms with E-state index >= 15 is 0 Å². The highest BCUT2D eigenvalue weighted by Crippen LogP contribution is 2.35. The third kappa shape index (κ3) is 5.13. The van der Waals surface area contributed by atoms with Crippen molar-refractivity contribution in [1.29, 1.82) is 0 Å². The van der Waals surface area contributed by atoms with E-state index in [0.717, 1.165) is 10.9 Å². The summed E-state index contributed by atoms with van der Waals surface area (Å²) in [5, 5.41) is 21.2. The molecule has 0 aliphatic carbocycles. The molecule has 0 atom stereocenters. The number of nitrogens with one attached hydrogen (secondary N) is 2. The number of aliphatic hydroxyl groups is 1. The second kappa shape index (κ2) is 9.61. The Labute approximate surface area is 217 Å². The molecule has 0 aliphatic rings. The van der Waals surface area contributed by atoms with Crippen molar-refractivity contribution >= 4 is 40.0 Å². The van der Waals surface area contributed by atoms with Crippen LogP contribution in [-0.2, 0) is 16.8 Å². The molecule has 0 fully saturated rings. The molecule has 37 heavy (non-hydrogen) atoms. The highest BCUT2D eigenvalue weighted by atomic mass is 35.5. The predicted molar refractivity (Wildman–Crippen MR) is 144 cm³/mol. The van der Waals surface area contributed by atoms with Crippen LogP contribution in [-0.4, -0.2) is 36.2 Å². The fourth-order valence-corrected chi connectivity index (χ4v) is 4.22. The maximum atomic E-state index is 12.9. The highest BCUT2D eigenvalue weighted by Gasteiger charge is 2.20. The van der Waals surface area contributed by atoms with E-state index in [0.29, 0.717) is 38.9 Å². The van der Waals surface area contributed by atoms with Crippen LogP contribution in [0, 0.1) is 0 Å². The van der Waals surface area contributed by atoms with Gasteiger partial charge in [-0.25, -0.2) is 9.97 Å². The number of aromatic amines is 1. The summed E-state index contributed by atoms with van der Waals surface area (Å²) in [6.07, 6.45) is 1.64. The number of hydrogen-bond donors (Lipinski definition) is 4. The van der Waals surface area contributed by atoms with E-state index in [-0.39, 0.29) is 24.0 Å². The highest BCUT2D eigenvalue weighted by molar-refractivity contribution is 6.35. The van der Waals surface area contributed by atoms with E-state index < -0.39 is 5.60 Å². The van der Waals surface area contributed by atoms with Gasteiger partial charge in [-0.05, 0) is 38.1 Å². The van der Waals surface area contributed by atoms with E-state index in [4.69, 9.17) is 22.3 Å². The largest absolute Gasteiger partial charge is 0.384 e. The minimum absolute atomic E-state index is 0.0341. The van der Waals surface area contributed by atoms with Crippen LogP contribution >= 0.6 is 11.6 Å². The summed E-state index contributed by atoms with van der Waals surface area (Å²) in [4.78, 5) is 26.6. The third-order valence-corrected chi connectivity index (χ3v) is 6.08. The van der Waals surface area contributed by atoms with Crippen molar-refractivity contribution in [1.82, 2.24) is 25.1 Å². The normalized spacial score (nSPS) is 11.6. The molecule has 5 aromatic rings. The summed E-state index contributed by atoms with van der Waals surface area (Å²) in [5.74, 6) is -0.172. The van der Waals surface area contributed by atoms with Crippen LogP contribution in [0.1, 0.15) is 25.2 Å². The lowest BCUT2D eigenvalue weighted by Crippen LogP contribution is -2.21. The summed E-state index contributed by atoms with van der Waals surface area (Å²) in [6.45, 7) is 3.27. The number of benzene rings is 2. The first-order valence-corrected chi connectivity index (χ1v) is 11.9. The van der Waals surface area contributed by atoms with Gasteiger partial charge in [-0.3, -0.25) is 14.9 Å². The molecule has 0 saturated carbocycles. The van der Waals surface area contributed by atoms with Crippen molar-refractivity contribution in [3.8, 4) is 22.5 Å². The number of fused-ring (bicyclic) bond motifs is 1. The van der Waals surface area contributed by atoms with Gasteiger partial charge in [-0.1, -0.05) is 48.0 Å². The van der Waals surface area contributed by atoms with Gasteiger partial charge in [0.15, 0.2) is 11.6 Å². The van der Waals surface area contributed by atoms with Gasteiger partial charge < -0.3 is 16.2 Å². The molecule has 186 valence electrons. The molecule has 0 aliphatic heterocycles. The number of nitrogens with two attached hydrogens (primary N) is 1. The second-order valence-electron chi connectivity index (χ2n) is 9.11. The zero-order chi connectivity index (χ0) is 26.2. The Bertz CT molecular complexity index is 1610. The van der Waals surface area contributed by atoms with Crippen LogP contribution < -0.4 is 11.1 Å². The predicted octanol–water partition coefficient (Wildman–Crippen LogP) is 4.73. The quantitative estimate of drug-likeness (QED) is 0.257. The van der Waals surface area contributed by atoms with Gasteiger partial charge in [-0.15, -0.1) is 0 Å². The van der Waals surface area contributed by atoms with Gasteiger partial charge >= 0.3 is 0 Å². The minimum atomic E-state index is -1.12. The Morgan fingerprint density at radius 3 is 2.54 bits per heavy atom. The Balaban J connectivity index is 1.53. The molecule has 0 unspecified atom stereocenters. The molecule has 0 radical (unpaired) electrons. The lowest BCUT2D eigenvalue weighted by atomic mass is 10.0. The lowest BCUT2D eigenvalue weighted by Gasteiger charge is -2.17. The number of anilines is 2. The molecule has 2 aromatic carbocycles. The van der Waals surface area contributed by atoms with Crippen LogP contribution in [0.25, 0.3) is 33.4 Å². The number of H-pyrrole nitrogens is 1. The van der Waals surface area contributed by atoms with Crippen molar-refractivity contribution in [2.45, 2.75) is 25.9 Å². The monoisotopic (exact) mass is 513 g/mol. The molecular formula is C27H24ClN7O2. The number of nitrogens with zero attached hydrogens (tertiary/aromatic N) is 4. The zero-order valence-corrected chi connectivity index (χ0v) is 20.9. The van der Waals surface area contributed by atoms with Gasteiger partial charge in [0.1, 0.15) is 5.60 Å². The number of halogens is 1. The van der Waals surface area contributed by atoms with Gasteiger partial charge in [0.25, 0.3) is 0 Å². The Kier molecular flexibility index (Phi) is 6.32. The molecule has 10 heteroatoms. The first kappa shape index (κ1) is 24.4. The number of carbonyl (C=O) groups excluding carboxylic acids is 1. The van der Waals surface area contributed by atoms with E-state index in [1.54, 1.807) is 44.3 Å². The molecular weight excluding hydrogens is 490 g/mol. The van der Waals surface area contributed by atoms with Gasteiger partial charge in [0.2, 0.25) is 5.91 Å². The zero-order valence-electron chi connectivity index (χ0n) is 20.2. The van der Waals surface area contributed by atoms with Crippen LogP contribution in [0.2, 0.25) is 5.02 Å². The number of hydrogen-bond acceptors (Lipinski definition) is 7. The molecule has 0 saturated heterocycles. The number of amides is 1. The smallest absolute Gasteiger partial charge is 0.231 e. The maximum absolute atomic E-state index is 12.9. The topological polar surface area (TPSA) is 143 Å². The number of nitrogen functional groups attached to an aromatic ring is 1. The standard InChI is InChI=1S/C27H24ClN7O2/c1-27(2,37)20-10-6-9-18(31-20)13-21(36)32-26-25(29)33-23(15-7-4-3-5-8-15)24(34-26)16-11-17-14-30-35-22(17)19(28)12-16/h3-12,14,37H,13H2,1-2H3,(H2,29,33)(H,30,35)(H,32,34,36). The van der Waals surface area contributed by atoms with E-state index in [2.05, 4.69) is 25.5 Å². The van der Waals surface area contributed by atoms with E-state index in [1.165, 1.54) is 0 Å². The molecule has 5 N–H and O–H groups in total. The lowest BCUT2D eigenvalue weighted by molar-refractivity contribution is -0.115. The van der Waals surface area contributed by atoms with Crippen molar-refractivity contribution in [2.75, 3.05) is 11.1 Å². The Morgan fingerprint density at radius 1 is 1.03 bits per heavy atom. The summed E-state index contributed by atoms with van der Waals surface area (Å²) in [5.41, 5.74) is 9.37. The molecule has 0 spiro atoms. The van der Waals surface area contributed by atoms with Crippen LogP contribution in [0.4, 0.5) is 11.6 Å². The molecule has 0 bridgehead atoms. The fourth-order valence-electron chi connectivity index (χ4n) is 3.95. The Morgan fingerprint density at radius 2 is 1.78 bits per heavy atom. The van der Waals surface area contributed by atoms with Crippen molar-refractivity contribution in [3.63, 3.8) is 0 Å². The van der Waals surface area contributed by atoms with Crippen molar-refractivity contribution in [3.05, 3.63) is 83.3 Å². The summed E-state index contributed by atoms with van der Waals surface area (Å²) in [7, 11) is 0. The molecule has 9 nitrogen and oxygen atoms in total. The second-order valence-corrected chi connectivity index (χ2v) is 9.52. The average Bonchev–Trinajstić information content (AvgIpc) is 3.35. The van der Waals surface area contributed by atoms with Crippen LogP contribution in [0.5, 0.6) is 0 Å². The van der Waals surface area contributed by atoms with E-state index in [1.807, 2.05) is 36.4 Å². The average molecular weight is 514 g/mol. The number of aromatic nitrogens is 5. The fraction of sp³-hybridized carbons (Fsp3) is 0.148. The first-order valence-electron chi connectivity index (χ1n) is 11.5. The van der Waals surface area contributed by atoms with Gasteiger partial charge in [0, 0.05) is 16.5 Å². The van der Waals surface area contributed by atoms with Crippen molar-refractivity contribution < 1.29 is 9.90 Å². The number of carbonyl (C=O) groups is 1. The number of pyridine rings is 1.